The van der Waals surface area contributed by atoms with Gasteiger partial charge in [-0.05, 0) is 40.3 Å². The third kappa shape index (κ3) is 1.49. The Labute approximate surface area is 112 Å². The number of nitrogens with one attached hydrogen (secondary N) is 1. The lowest BCUT2D eigenvalue weighted by atomic mass is 10.1. The molecular weight excluding hydrogens is 331 g/mol. The van der Waals surface area contributed by atoms with Crippen molar-refractivity contribution in [2.75, 3.05) is 7.11 Å². The molecule has 0 atom stereocenters. The number of ether oxygens (including phenoxy) is 1. The van der Waals surface area contributed by atoms with E-state index >= 15 is 0 Å². The summed E-state index contributed by atoms with van der Waals surface area (Å²) in [5, 5.41) is 7.22. The third-order valence-electron chi connectivity index (χ3n) is 3.04. The molecule has 0 unspecified atom stereocenters. The van der Waals surface area contributed by atoms with E-state index in [2.05, 4.69) is 32.8 Å². The number of halogens is 1. The number of rotatable bonds is 2. The predicted molar refractivity (Wildman–Crippen MR) is 71.5 cm³/mol. The summed E-state index contributed by atoms with van der Waals surface area (Å²) < 4.78 is 6.20. The van der Waals surface area contributed by atoms with Crippen LogP contribution in [0.1, 0.15) is 21.5 Å². The number of aromatic nitrogens is 2. The van der Waals surface area contributed by atoms with Gasteiger partial charge < -0.3 is 4.74 Å². The first-order chi connectivity index (χ1) is 8.24. The van der Waals surface area contributed by atoms with Crippen LogP contribution in [-0.4, -0.2) is 23.6 Å². The van der Waals surface area contributed by atoms with Crippen LogP contribution in [0.25, 0.3) is 11.3 Å². The van der Waals surface area contributed by atoms with Gasteiger partial charge in [0.2, 0.25) is 0 Å². The molecule has 2 aromatic rings. The summed E-state index contributed by atoms with van der Waals surface area (Å²) >= 11 is 2.21. The molecule has 3 rings (SSSR count). The van der Waals surface area contributed by atoms with E-state index in [4.69, 9.17) is 4.74 Å². The number of hydrogen-bond acceptors (Lipinski definition) is 3. The molecule has 17 heavy (non-hydrogen) atoms. The average Bonchev–Trinajstić information content (AvgIpc) is 2.87. The van der Waals surface area contributed by atoms with Gasteiger partial charge in [-0.2, -0.15) is 5.10 Å². The first-order valence-corrected chi connectivity index (χ1v) is 6.21. The first-order valence-electron chi connectivity index (χ1n) is 5.13. The van der Waals surface area contributed by atoms with Crippen LogP contribution in [0.3, 0.4) is 0 Å². The zero-order valence-electron chi connectivity index (χ0n) is 9.08. The van der Waals surface area contributed by atoms with Crippen molar-refractivity contribution < 1.29 is 9.53 Å². The number of benzene rings is 1. The van der Waals surface area contributed by atoms with E-state index in [1.165, 1.54) is 5.56 Å². The van der Waals surface area contributed by atoms with Crippen LogP contribution in [0, 0.1) is 3.70 Å². The molecule has 0 fully saturated rings. The molecule has 0 aliphatic heterocycles. The van der Waals surface area contributed by atoms with Crippen molar-refractivity contribution >= 4 is 28.9 Å². The molecule has 1 aliphatic rings. The number of carbonyl (C=O) groups excluding carboxylic acids is 1. The first kappa shape index (κ1) is 10.8. The highest BCUT2D eigenvalue weighted by molar-refractivity contribution is 14.1. The van der Waals surface area contributed by atoms with Crippen LogP contribution in [0.15, 0.2) is 12.1 Å². The zero-order chi connectivity index (χ0) is 12.0. The molecule has 1 N–H and O–H groups in total. The largest absolute Gasteiger partial charge is 0.496 e. The number of aldehydes is 1. The Kier molecular flexibility index (Phi) is 2.43. The summed E-state index contributed by atoms with van der Waals surface area (Å²) in [7, 11) is 1.57. The van der Waals surface area contributed by atoms with E-state index in [9.17, 15) is 4.79 Å². The molecule has 1 aromatic carbocycles. The number of carbonyl (C=O) groups is 1. The molecule has 0 saturated heterocycles. The summed E-state index contributed by atoms with van der Waals surface area (Å²) in [6, 6.07) is 3.80. The van der Waals surface area contributed by atoms with Gasteiger partial charge >= 0.3 is 0 Å². The average molecular weight is 340 g/mol. The van der Waals surface area contributed by atoms with E-state index in [0.717, 1.165) is 33.2 Å². The molecule has 1 aliphatic carbocycles. The van der Waals surface area contributed by atoms with Crippen molar-refractivity contribution in [3.05, 3.63) is 32.5 Å². The van der Waals surface area contributed by atoms with Gasteiger partial charge in [-0.3, -0.25) is 9.89 Å². The molecule has 1 aromatic heterocycles. The van der Waals surface area contributed by atoms with Crippen molar-refractivity contribution in [3.8, 4) is 17.0 Å². The van der Waals surface area contributed by atoms with Crippen LogP contribution >= 0.6 is 22.6 Å². The Balaban J connectivity index is 2.23. The number of H-pyrrole nitrogens is 1. The molecule has 0 spiro atoms. The molecule has 5 heteroatoms. The van der Waals surface area contributed by atoms with Crippen LogP contribution in [0.2, 0.25) is 0 Å². The van der Waals surface area contributed by atoms with Crippen molar-refractivity contribution in [1.29, 1.82) is 0 Å². The van der Waals surface area contributed by atoms with E-state index in [1.807, 2.05) is 12.1 Å². The quantitative estimate of drug-likeness (QED) is 0.576. The van der Waals surface area contributed by atoms with Crippen LogP contribution < -0.4 is 4.74 Å². The lowest BCUT2D eigenvalue weighted by Gasteiger charge is -2.07. The SMILES string of the molecule is COc1cc2c(cc1C=O)Cc1c(I)n[nH]c1-2. The van der Waals surface area contributed by atoms with Gasteiger partial charge in [0.05, 0.1) is 18.4 Å². The Morgan fingerprint density at radius 1 is 1.53 bits per heavy atom. The van der Waals surface area contributed by atoms with Gasteiger partial charge in [0, 0.05) is 17.5 Å². The third-order valence-corrected chi connectivity index (χ3v) is 3.93. The number of hydrogen-bond donors (Lipinski definition) is 1. The minimum absolute atomic E-state index is 0.597. The molecule has 1 heterocycles. The molecule has 0 amide bonds. The van der Waals surface area contributed by atoms with Gasteiger partial charge in [-0.15, -0.1) is 0 Å². The van der Waals surface area contributed by atoms with Crippen LogP contribution in [0.5, 0.6) is 5.75 Å². The second-order valence-electron chi connectivity index (χ2n) is 3.91. The van der Waals surface area contributed by atoms with Crippen molar-refractivity contribution in [3.63, 3.8) is 0 Å². The van der Waals surface area contributed by atoms with Crippen LogP contribution in [-0.2, 0) is 6.42 Å². The monoisotopic (exact) mass is 340 g/mol. The molecular formula is C12H9IN2O2. The predicted octanol–water partition coefficient (Wildman–Crippen LogP) is 2.41. The second kappa shape index (κ2) is 3.83. The minimum atomic E-state index is 0.597. The number of aromatic amines is 1. The maximum absolute atomic E-state index is 11.0. The minimum Gasteiger partial charge on any atom is -0.496 e. The fourth-order valence-electron chi connectivity index (χ4n) is 2.21. The highest BCUT2D eigenvalue weighted by Gasteiger charge is 2.25. The van der Waals surface area contributed by atoms with Gasteiger partial charge in [-0.25, -0.2) is 0 Å². The summed E-state index contributed by atoms with van der Waals surface area (Å²) in [4.78, 5) is 11.0. The molecule has 86 valence electrons. The maximum atomic E-state index is 11.0. The molecule has 0 saturated carbocycles. The van der Waals surface area contributed by atoms with E-state index < -0.39 is 0 Å². The van der Waals surface area contributed by atoms with Gasteiger partial charge in [-0.1, -0.05) is 0 Å². The Morgan fingerprint density at radius 3 is 3.06 bits per heavy atom. The number of fused-ring (bicyclic) bond motifs is 3. The summed E-state index contributed by atoms with van der Waals surface area (Å²) in [5.41, 5.74) is 5.07. The Bertz CT molecular complexity index is 619. The summed E-state index contributed by atoms with van der Waals surface area (Å²) in [6.45, 7) is 0. The highest BCUT2D eigenvalue weighted by atomic mass is 127. The molecule has 0 bridgehead atoms. The van der Waals surface area contributed by atoms with E-state index in [1.54, 1.807) is 7.11 Å². The fourth-order valence-corrected chi connectivity index (χ4v) is 2.79. The van der Waals surface area contributed by atoms with E-state index in [-0.39, 0.29) is 0 Å². The van der Waals surface area contributed by atoms with Crippen molar-refractivity contribution in [1.82, 2.24) is 10.2 Å². The molecule has 0 radical (unpaired) electrons. The second-order valence-corrected chi connectivity index (χ2v) is 4.94. The Hall–Kier alpha value is -1.37. The maximum Gasteiger partial charge on any atom is 0.153 e. The standard InChI is InChI=1S/C12H9IN2O2/c1-17-10-4-8-6(2-7(10)5-16)3-9-11(8)14-15-12(9)13/h2,4-5H,3H2,1H3,(H,14,15). The van der Waals surface area contributed by atoms with Crippen molar-refractivity contribution in [2.45, 2.75) is 6.42 Å². The van der Waals surface area contributed by atoms with Gasteiger partial charge in [0.25, 0.3) is 0 Å². The number of nitrogens with zero attached hydrogens (tertiary/aromatic N) is 1. The van der Waals surface area contributed by atoms with E-state index in [0.29, 0.717) is 11.3 Å². The smallest absolute Gasteiger partial charge is 0.153 e. The number of methoxy groups -OCH3 is 1. The zero-order valence-corrected chi connectivity index (χ0v) is 11.2. The van der Waals surface area contributed by atoms with Crippen molar-refractivity contribution in [2.24, 2.45) is 0 Å². The van der Waals surface area contributed by atoms with Gasteiger partial charge in [0.1, 0.15) is 9.45 Å². The highest BCUT2D eigenvalue weighted by Crippen LogP contribution is 2.40. The topological polar surface area (TPSA) is 55.0 Å². The fraction of sp³-hybridized carbons (Fsp3) is 0.167. The lowest BCUT2D eigenvalue weighted by Crippen LogP contribution is -1.94. The van der Waals surface area contributed by atoms with Crippen LogP contribution in [0.4, 0.5) is 0 Å². The lowest BCUT2D eigenvalue weighted by molar-refractivity contribution is 0.112. The Morgan fingerprint density at radius 2 is 2.35 bits per heavy atom. The summed E-state index contributed by atoms with van der Waals surface area (Å²) in [6.07, 6.45) is 1.65. The van der Waals surface area contributed by atoms with Gasteiger partial charge in [0.15, 0.2) is 6.29 Å². The summed E-state index contributed by atoms with van der Waals surface area (Å²) in [5.74, 6) is 0.608. The molecule has 4 nitrogen and oxygen atoms in total. The normalized spacial score (nSPS) is 12.1.